The second kappa shape index (κ2) is 10.4. The van der Waals surface area contributed by atoms with E-state index in [1.165, 1.54) is 46.9 Å². The average molecular weight is 576 g/mol. The third kappa shape index (κ3) is 5.35. The Morgan fingerprint density at radius 1 is 1.14 bits per heavy atom. The van der Waals surface area contributed by atoms with E-state index < -0.39 is 21.5 Å². The summed E-state index contributed by atoms with van der Waals surface area (Å²) < 4.78 is 31.8. The maximum absolute atomic E-state index is 13.0. The monoisotopic (exact) mass is 575 g/mol. The smallest absolute Gasteiger partial charge is 0.410 e. The van der Waals surface area contributed by atoms with Gasteiger partial charge in [0.15, 0.2) is 9.84 Å². The number of sulfone groups is 1. The van der Waals surface area contributed by atoms with E-state index >= 15 is 0 Å². The van der Waals surface area contributed by atoms with E-state index in [1.807, 2.05) is 24.3 Å². The first-order valence-corrected chi connectivity index (χ1v) is 15.1. The number of para-hydroxylation sites is 1. The van der Waals surface area contributed by atoms with Crippen molar-refractivity contribution in [2.45, 2.75) is 24.8 Å². The van der Waals surface area contributed by atoms with Gasteiger partial charge >= 0.3 is 6.09 Å². The molecule has 0 saturated carbocycles. The van der Waals surface area contributed by atoms with Gasteiger partial charge in [-0.15, -0.1) is 22.7 Å². The number of benzene rings is 2. The van der Waals surface area contributed by atoms with Gasteiger partial charge in [0.25, 0.3) is 0 Å². The van der Waals surface area contributed by atoms with E-state index in [-0.39, 0.29) is 17.6 Å². The fourth-order valence-electron chi connectivity index (χ4n) is 4.13. The first-order chi connectivity index (χ1) is 17.7. The Morgan fingerprint density at radius 3 is 2.62 bits per heavy atom. The molecule has 4 aromatic rings. The van der Waals surface area contributed by atoms with Gasteiger partial charge in [-0.05, 0) is 55.3 Å². The normalized spacial score (nSPS) is 13.4. The molecule has 0 unspecified atom stereocenters. The summed E-state index contributed by atoms with van der Waals surface area (Å²) in [6.07, 6.45) is 0.178. The lowest BCUT2D eigenvalue weighted by Crippen LogP contribution is -2.35. The number of aromatic nitrogens is 1. The molecule has 0 aliphatic carbocycles. The summed E-state index contributed by atoms with van der Waals surface area (Å²) in [5.74, 6) is -1.37. The number of hydrogen-bond donors (Lipinski definition) is 1. The SMILES string of the molecule is CCOC(=O)N1CCc2c(sc(NC(=O)CS(=O)(=O)c3ccc(Cl)cc3)c2-c2nc3ccccc3s2)C1. The standard InChI is InChI=1S/C25H22ClN3O5S3/c1-2-34-25(31)29-12-11-17-20(13-29)36-24(22(17)23-27-18-5-3-4-6-19(18)35-23)28-21(30)14-37(32,33)16-9-7-15(26)8-10-16/h3-10H,2,11-14H2,1H3,(H,28,30). The quantitative estimate of drug-likeness (QED) is 0.320. The highest BCUT2D eigenvalue weighted by molar-refractivity contribution is 7.92. The number of rotatable bonds is 6. The van der Waals surface area contributed by atoms with Gasteiger partial charge in [-0.3, -0.25) is 4.79 Å². The molecule has 0 spiro atoms. The highest BCUT2D eigenvalue weighted by atomic mass is 35.5. The van der Waals surface area contributed by atoms with Crippen LogP contribution in [-0.4, -0.2) is 49.2 Å². The zero-order chi connectivity index (χ0) is 26.2. The minimum Gasteiger partial charge on any atom is -0.450 e. The van der Waals surface area contributed by atoms with Gasteiger partial charge in [-0.2, -0.15) is 0 Å². The Hall–Kier alpha value is -2.99. The molecule has 0 radical (unpaired) electrons. The first-order valence-electron chi connectivity index (χ1n) is 11.5. The Bertz CT molecular complexity index is 1560. The van der Waals surface area contributed by atoms with Crippen LogP contribution in [0.3, 0.4) is 0 Å². The van der Waals surface area contributed by atoms with Crippen LogP contribution in [0, 0.1) is 0 Å². The topological polar surface area (TPSA) is 106 Å². The Morgan fingerprint density at radius 2 is 1.89 bits per heavy atom. The van der Waals surface area contributed by atoms with E-state index in [4.69, 9.17) is 21.3 Å². The Labute approximate surface area is 226 Å². The lowest BCUT2D eigenvalue weighted by atomic mass is 10.0. The summed E-state index contributed by atoms with van der Waals surface area (Å²) in [7, 11) is -3.87. The van der Waals surface area contributed by atoms with Crippen molar-refractivity contribution in [2.24, 2.45) is 0 Å². The van der Waals surface area contributed by atoms with Gasteiger partial charge in [0, 0.05) is 22.0 Å². The van der Waals surface area contributed by atoms with E-state index in [9.17, 15) is 18.0 Å². The number of fused-ring (bicyclic) bond motifs is 2. The van der Waals surface area contributed by atoms with Crippen molar-refractivity contribution in [1.82, 2.24) is 9.88 Å². The van der Waals surface area contributed by atoms with Crippen molar-refractivity contribution in [2.75, 3.05) is 24.2 Å². The average Bonchev–Trinajstić information content (AvgIpc) is 3.44. The fraction of sp³-hybridized carbons (Fsp3) is 0.240. The van der Waals surface area contributed by atoms with Crippen LogP contribution in [0.2, 0.25) is 5.02 Å². The highest BCUT2D eigenvalue weighted by Crippen LogP contribution is 2.45. The van der Waals surface area contributed by atoms with Crippen molar-refractivity contribution < 1.29 is 22.7 Å². The van der Waals surface area contributed by atoms with Crippen LogP contribution in [-0.2, 0) is 32.3 Å². The van der Waals surface area contributed by atoms with E-state index in [0.29, 0.717) is 29.5 Å². The van der Waals surface area contributed by atoms with Crippen molar-refractivity contribution in [3.63, 3.8) is 0 Å². The van der Waals surface area contributed by atoms with E-state index in [1.54, 1.807) is 11.8 Å². The predicted octanol–water partition coefficient (Wildman–Crippen LogP) is 5.61. The molecule has 5 rings (SSSR count). The summed E-state index contributed by atoms with van der Waals surface area (Å²) in [4.78, 5) is 32.7. The lowest BCUT2D eigenvalue weighted by molar-refractivity contribution is -0.113. The molecule has 12 heteroatoms. The molecular weight excluding hydrogens is 554 g/mol. The van der Waals surface area contributed by atoms with Crippen LogP contribution in [0.15, 0.2) is 53.4 Å². The molecule has 0 saturated heterocycles. The van der Waals surface area contributed by atoms with Gasteiger partial charge in [-0.1, -0.05) is 23.7 Å². The van der Waals surface area contributed by atoms with Crippen LogP contribution in [0.4, 0.5) is 9.80 Å². The number of carbonyl (C=O) groups is 2. The molecule has 37 heavy (non-hydrogen) atoms. The maximum atomic E-state index is 13.0. The number of halogens is 1. The molecule has 8 nitrogen and oxygen atoms in total. The molecule has 2 aromatic heterocycles. The van der Waals surface area contributed by atoms with Crippen molar-refractivity contribution in [3.8, 4) is 10.6 Å². The number of nitrogens with one attached hydrogen (secondary N) is 1. The van der Waals surface area contributed by atoms with Crippen LogP contribution in [0.25, 0.3) is 20.8 Å². The number of carbonyl (C=O) groups excluding carboxylic acids is 2. The molecule has 1 N–H and O–H groups in total. The first kappa shape index (κ1) is 25.7. The molecule has 0 atom stereocenters. The number of thiophene rings is 1. The number of amides is 2. The largest absolute Gasteiger partial charge is 0.450 e. The van der Waals surface area contributed by atoms with Crippen LogP contribution < -0.4 is 5.32 Å². The number of ether oxygens (including phenoxy) is 1. The predicted molar refractivity (Wildman–Crippen MR) is 146 cm³/mol. The zero-order valence-corrected chi connectivity index (χ0v) is 22.9. The number of nitrogens with zero attached hydrogens (tertiary/aromatic N) is 2. The highest BCUT2D eigenvalue weighted by Gasteiger charge is 2.30. The molecule has 2 aromatic carbocycles. The van der Waals surface area contributed by atoms with Crippen molar-refractivity contribution in [1.29, 1.82) is 0 Å². The molecule has 192 valence electrons. The number of thiazole rings is 1. The van der Waals surface area contributed by atoms with Crippen LogP contribution in [0.5, 0.6) is 0 Å². The molecule has 2 amide bonds. The second-order valence-electron chi connectivity index (χ2n) is 8.33. The van der Waals surface area contributed by atoms with E-state index in [2.05, 4.69) is 5.32 Å². The van der Waals surface area contributed by atoms with E-state index in [0.717, 1.165) is 31.2 Å². The van der Waals surface area contributed by atoms with Gasteiger partial charge in [0.2, 0.25) is 5.91 Å². The third-order valence-electron chi connectivity index (χ3n) is 5.84. The third-order valence-corrected chi connectivity index (χ3v) is 9.91. The summed E-state index contributed by atoms with van der Waals surface area (Å²) in [5.41, 5.74) is 2.62. The van der Waals surface area contributed by atoms with Gasteiger partial charge in [-0.25, -0.2) is 18.2 Å². The molecule has 1 aliphatic rings. The maximum Gasteiger partial charge on any atom is 0.410 e. The van der Waals surface area contributed by atoms with Crippen LogP contribution >= 0.6 is 34.3 Å². The molecular formula is C25H22ClN3O5S3. The fourth-order valence-corrected chi connectivity index (χ4v) is 7.78. The van der Waals surface area contributed by atoms with Gasteiger partial charge in [0.05, 0.1) is 28.3 Å². The number of hydrogen-bond acceptors (Lipinski definition) is 8. The minimum absolute atomic E-state index is 0.0222. The van der Waals surface area contributed by atoms with Crippen molar-refractivity contribution in [3.05, 3.63) is 64.0 Å². The molecule has 0 bridgehead atoms. The minimum atomic E-state index is -3.87. The number of anilines is 1. The molecule has 3 heterocycles. The summed E-state index contributed by atoms with van der Waals surface area (Å²) in [6, 6.07) is 13.5. The Balaban J connectivity index is 1.48. The van der Waals surface area contributed by atoms with Crippen LogP contribution in [0.1, 0.15) is 17.4 Å². The van der Waals surface area contributed by atoms with Crippen molar-refractivity contribution >= 4 is 71.3 Å². The second-order valence-corrected chi connectivity index (χ2v) is 12.9. The zero-order valence-electron chi connectivity index (χ0n) is 19.7. The lowest BCUT2D eigenvalue weighted by Gasteiger charge is -2.26. The van der Waals surface area contributed by atoms with Gasteiger partial charge < -0.3 is 15.0 Å². The summed E-state index contributed by atoms with van der Waals surface area (Å²) in [5, 5.41) is 4.49. The summed E-state index contributed by atoms with van der Waals surface area (Å²) >= 11 is 8.70. The molecule has 1 aliphatic heterocycles. The van der Waals surface area contributed by atoms with Gasteiger partial charge in [0.1, 0.15) is 15.8 Å². The summed E-state index contributed by atoms with van der Waals surface area (Å²) in [6.45, 7) is 2.86. The molecule has 0 fully saturated rings. The Kier molecular flexibility index (Phi) is 7.21.